The van der Waals surface area contributed by atoms with Crippen LogP contribution < -0.4 is 5.32 Å². The van der Waals surface area contributed by atoms with Gasteiger partial charge in [-0.3, -0.25) is 4.79 Å². The van der Waals surface area contributed by atoms with Crippen LogP contribution in [0.15, 0.2) is 4.52 Å². The van der Waals surface area contributed by atoms with E-state index in [-0.39, 0.29) is 12.5 Å². The third kappa shape index (κ3) is 2.49. The number of amides is 1. The Balaban J connectivity index is 1.96. The van der Waals surface area contributed by atoms with Gasteiger partial charge in [0.15, 0.2) is 5.82 Å². The zero-order chi connectivity index (χ0) is 13.0. The average Bonchev–Trinajstić information content (AvgIpc) is 2.82. The highest BCUT2D eigenvalue weighted by Crippen LogP contribution is 2.29. The van der Waals surface area contributed by atoms with Crippen LogP contribution >= 0.6 is 0 Å². The third-order valence-corrected chi connectivity index (χ3v) is 2.97. The predicted octanol–water partition coefficient (Wildman–Crippen LogP) is 0.315. The van der Waals surface area contributed by atoms with E-state index < -0.39 is 5.41 Å². The molecule has 1 aliphatic rings. The van der Waals surface area contributed by atoms with Crippen molar-refractivity contribution in [1.82, 2.24) is 15.5 Å². The molecule has 1 amide bonds. The van der Waals surface area contributed by atoms with Crippen molar-refractivity contribution < 1.29 is 14.1 Å². The monoisotopic (exact) mass is 250 g/mol. The molecule has 0 aliphatic carbocycles. The highest BCUT2D eigenvalue weighted by molar-refractivity contribution is 5.85. The van der Waals surface area contributed by atoms with Gasteiger partial charge in [0, 0.05) is 20.1 Å². The van der Waals surface area contributed by atoms with Crippen molar-refractivity contribution >= 4 is 5.91 Å². The summed E-state index contributed by atoms with van der Waals surface area (Å²) in [5.41, 5.74) is -0.989. The van der Waals surface area contributed by atoms with Gasteiger partial charge in [0.25, 0.3) is 0 Å². The summed E-state index contributed by atoms with van der Waals surface area (Å²) in [6, 6.07) is 2.10. The van der Waals surface area contributed by atoms with Crippen molar-refractivity contribution in [2.24, 2.45) is 5.41 Å². The first-order chi connectivity index (χ1) is 8.66. The Labute approximate surface area is 104 Å². The molecule has 2 heterocycles. The van der Waals surface area contributed by atoms with E-state index in [9.17, 15) is 10.1 Å². The SMILES string of the molecule is Cc1nc(CNC(=O)C2(C#N)CCOCC2)no1. The molecule has 0 atom stereocenters. The zero-order valence-corrected chi connectivity index (χ0v) is 10.1. The molecule has 1 aliphatic heterocycles. The quantitative estimate of drug-likeness (QED) is 0.828. The summed E-state index contributed by atoms with van der Waals surface area (Å²) in [4.78, 5) is 16.0. The van der Waals surface area contributed by atoms with Crippen LogP contribution in [0, 0.1) is 23.7 Å². The van der Waals surface area contributed by atoms with E-state index in [2.05, 4.69) is 21.5 Å². The van der Waals surface area contributed by atoms with Crippen molar-refractivity contribution in [3.05, 3.63) is 11.7 Å². The lowest BCUT2D eigenvalue weighted by molar-refractivity contribution is -0.132. The second kappa shape index (κ2) is 5.14. The second-order valence-electron chi connectivity index (χ2n) is 4.22. The van der Waals surface area contributed by atoms with E-state index in [4.69, 9.17) is 9.26 Å². The zero-order valence-electron chi connectivity index (χ0n) is 10.1. The van der Waals surface area contributed by atoms with Gasteiger partial charge in [0.1, 0.15) is 5.41 Å². The number of ether oxygens (including phenoxy) is 1. The van der Waals surface area contributed by atoms with E-state index in [1.54, 1.807) is 6.92 Å². The van der Waals surface area contributed by atoms with Crippen LogP contribution in [0.4, 0.5) is 0 Å². The number of carbonyl (C=O) groups excluding carboxylic acids is 1. The van der Waals surface area contributed by atoms with Gasteiger partial charge in [-0.05, 0) is 12.8 Å². The molecule has 0 radical (unpaired) electrons. The molecule has 2 rings (SSSR count). The maximum absolute atomic E-state index is 12.1. The first-order valence-corrected chi connectivity index (χ1v) is 5.73. The number of carbonyl (C=O) groups is 1. The third-order valence-electron chi connectivity index (χ3n) is 2.97. The highest BCUT2D eigenvalue weighted by Gasteiger charge is 2.40. The van der Waals surface area contributed by atoms with E-state index in [1.807, 2.05) is 0 Å². The number of nitrogens with zero attached hydrogens (tertiary/aromatic N) is 3. The molecule has 0 saturated carbocycles. The number of nitrogens with one attached hydrogen (secondary N) is 1. The fraction of sp³-hybridized carbons (Fsp3) is 0.636. The number of hydrogen-bond donors (Lipinski definition) is 1. The van der Waals surface area contributed by atoms with Gasteiger partial charge >= 0.3 is 0 Å². The van der Waals surface area contributed by atoms with Crippen LogP contribution in [-0.2, 0) is 16.1 Å². The van der Waals surface area contributed by atoms with Crippen LogP contribution in [-0.4, -0.2) is 29.3 Å². The maximum atomic E-state index is 12.1. The molecule has 0 spiro atoms. The van der Waals surface area contributed by atoms with Crippen LogP contribution in [0.3, 0.4) is 0 Å². The minimum atomic E-state index is -0.989. The van der Waals surface area contributed by atoms with Gasteiger partial charge in [-0.25, -0.2) is 0 Å². The van der Waals surface area contributed by atoms with Gasteiger partial charge < -0.3 is 14.6 Å². The van der Waals surface area contributed by atoms with Crippen molar-refractivity contribution in [2.45, 2.75) is 26.3 Å². The molecule has 96 valence electrons. The summed E-state index contributed by atoms with van der Waals surface area (Å²) in [5, 5.41) is 15.5. The first-order valence-electron chi connectivity index (χ1n) is 5.73. The molecule has 18 heavy (non-hydrogen) atoms. The molecule has 7 heteroatoms. The Kier molecular flexibility index (Phi) is 3.58. The molecule has 1 aromatic heterocycles. The van der Waals surface area contributed by atoms with Gasteiger partial charge in [-0.2, -0.15) is 10.2 Å². The molecule has 0 bridgehead atoms. The molecule has 1 fully saturated rings. The molecular weight excluding hydrogens is 236 g/mol. The average molecular weight is 250 g/mol. The Morgan fingerprint density at radius 2 is 2.28 bits per heavy atom. The lowest BCUT2D eigenvalue weighted by Crippen LogP contribution is -2.43. The first kappa shape index (κ1) is 12.5. The van der Waals surface area contributed by atoms with Crippen LogP contribution in [0.25, 0.3) is 0 Å². The Bertz CT molecular complexity index is 471. The standard InChI is InChI=1S/C11H14N4O3/c1-8-14-9(15-18-8)6-13-10(16)11(7-12)2-4-17-5-3-11/h2-6H2,1H3,(H,13,16). The topological polar surface area (TPSA) is 101 Å². The molecule has 0 unspecified atom stereocenters. The minimum absolute atomic E-state index is 0.167. The van der Waals surface area contributed by atoms with Gasteiger partial charge in [-0.1, -0.05) is 5.16 Å². The lowest BCUT2D eigenvalue weighted by Gasteiger charge is -2.28. The molecular formula is C11H14N4O3. The Morgan fingerprint density at radius 3 is 2.83 bits per heavy atom. The second-order valence-corrected chi connectivity index (χ2v) is 4.22. The van der Waals surface area contributed by atoms with Gasteiger partial charge in [0.05, 0.1) is 12.6 Å². The molecule has 0 aromatic carbocycles. The lowest BCUT2D eigenvalue weighted by atomic mass is 9.81. The Morgan fingerprint density at radius 1 is 1.56 bits per heavy atom. The van der Waals surface area contributed by atoms with Crippen LogP contribution in [0.2, 0.25) is 0 Å². The predicted molar refractivity (Wildman–Crippen MR) is 59.0 cm³/mol. The summed E-state index contributed by atoms with van der Waals surface area (Å²) in [6.45, 7) is 2.71. The highest BCUT2D eigenvalue weighted by atomic mass is 16.5. The summed E-state index contributed by atoms with van der Waals surface area (Å²) in [7, 11) is 0. The van der Waals surface area contributed by atoms with Crippen LogP contribution in [0.5, 0.6) is 0 Å². The molecule has 1 aromatic rings. The fourth-order valence-electron chi connectivity index (χ4n) is 1.85. The van der Waals surface area contributed by atoms with Crippen molar-refractivity contribution in [2.75, 3.05) is 13.2 Å². The fourth-order valence-corrected chi connectivity index (χ4v) is 1.85. The minimum Gasteiger partial charge on any atom is -0.381 e. The Hall–Kier alpha value is -1.94. The summed E-state index contributed by atoms with van der Waals surface area (Å²) in [6.07, 6.45) is 0.835. The molecule has 1 N–H and O–H groups in total. The maximum Gasteiger partial charge on any atom is 0.241 e. The van der Waals surface area contributed by atoms with E-state index in [1.165, 1.54) is 0 Å². The van der Waals surface area contributed by atoms with E-state index in [0.29, 0.717) is 37.8 Å². The van der Waals surface area contributed by atoms with Gasteiger partial charge in [-0.15, -0.1) is 0 Å². The molecule has 7 nitrogen and oxygen atoms in total. The van der Waals surface area contributed by atoms with Crippen molar-refractivity contribution in [1.29, 1.82) is 5.26 Å². The summed E-state index contributed by atoms with van der Waals surface area (Å²) >= 11 is 0. The normalized spacial score (nSPS) is 18.0. The smallest absolute Gasteiger partial charge is 0.241 e. The number of rotatable bonds is 3. The number of aromatic nitrogens is 2. The van der Waals surface area contributed by atoms with Gasteiger partial charge in [0.2, 0.25) is 11.8 Å². The van der Waals surface area contributed by atoms with Crippen molar-refractivity contribution in [3.8, 4) is 6.07 Å². The number of nitriles is 1. The molecule has 1 saturated heterocycles. The number of hydrogen-bond acceptors (Lipinski definition) is 6. The summed E-state index contributed by atoms with van der Waals surface area (Å²) < 4.78 is 9.97. The van der Waals surface area contributed by atoms with E-state index >= 15 is 0 Å². The van der Waals surface area contributed by atoms with E-state index in [0.717, 1.165) is 0 Å². The largest absolute Gasteiger partial charge is 0.381 e. The van der Waals surface area contributed by atoms with Crippen molar-refractivity contribution in [3.63, 3.8) is 0 Å². The summed E-state index contributed by atoms with van der Waals surface area (Å²) in [5.74, 6) is 0.553. The van der Waals surface area contributed by atoms with Crippen LogP contribution in [0.1, 0.15) is 24.6 Å². The number of aryl methyl sites for hydroxylation is 1.